The number of benzene rings is 2. The quantitative estimate of drug-likeness (QED) is 0.672. The number of rotatable bonds is 3. The zero-order chi connectivity index (χ0) is 13.5. The molecule has 0 radical (unpaired) electrons. The number of nitrogen functional groups attached to an aromatic ring is 1. The van der Waals surface area contributed by atoms with E-state index in [2.05, 4.69) is 30.4 Å². The molecule has 2 aromatic rings. The van der Waals surface area contributed by atoms with Crippen LogP contribution in [0.25, 0.3) is 10.8 Å². The van der Waals surface area contributed by atoms with Crippen LogP contribution in [0.15, 0.2) is 48.6 Å². The van der Waals surface area contributed by atoms with Gasteiger partial charge in [-0.3, -0.25) is 0 Å². The summed E-state index contributed by atoms with van der Waals surface area (Å²) in [7, 11) is 0. The molecule has 102 valence electrons. The van der Waals surface area contributed by atoms with E-state index < -0.39 is 0 Å². The predicted molar refractivity (Wildman–Crippen MR) is 82.7 cm³/mol. The molecule has 2 aromatic carbocycles. The molecule has 2 bridgehead atoms. The highest BCUT2D eigenvalue weighted by molar-refractivity contribution is 5.93. The topological polar surface area (TPSA) is 35.2 Å². The Kier molecular flexibility index (Phi) is 2.69. The van der Waals surface area contributed by atoms with Gasteiger partial charge in [-0.05, 0) is 60.2 Å². The number of fused-ring (bicyclic) bond motifs is 3. The molecule has 0 spiro atoms. The van der Waals surface area contributed by atoms with Gasteiger partial charge in [-0.15, -0.1) is 0 Å². The van der Waals surface area contributed by atoms with E-state index >= 15 is 0 Å². The highest BCUT2D eigenvalue weighted by Gasteiger charge is 2.35. The van der Waals surface area contributed by atoms with Gasteiger partial charge in [0, 0.05) is 11.1 Å². The summed E-state index contributed by atoms with van der Waals surface area (Å²) >= 11 is 0. The van der Waals surface area contributed by atoms with E-state index in [9.17, 15) is 0 Å². The minimum absolute atomic E-state index is 0.696. The van der Waals surface area contributed by atoms with Crippen molar-refractivity contribution in [3.63, 3.8) is 0 Å². The van der Waals surface area contributed by atoms with Gasteiger partial charge in [0.2, 0.25) is 0 Å². The standard InChI is InChI=1S/C18H19NO/c19-18-3-1-2-14-10-16(6-7-17(14)18)20-11-15-9-12-4-5-13(15)8-12/h1-7,10,12-13,15H,8-9,11,19H2. The zero-order valence-corrected chi connectivity index (χ0v) is 11.5. The molecule has 1 saturated carbocycles. The van der Waals surface area contributed by atoms with Crippen LogP contribution in [0.1, 0.15) is 12.8 Å². The van der Waals surface area contributed by atoms with E-state index in [1.165, 1.54) is 12.8 Å². The number of ether oxygens (including phenoxy) is 1. The smallest absolute Gasteiger partial charge is 0.119 e. The minimum atomic E-state index is 0.696. The summed E-state index contributed by atoms with van der Waals surface area (Å²) in [5.41, 5.74) is 6.80. The van der Waals surface area contributed by atoms with Crippen molar-refractivity contribution in [2.45, 2.75) is 12.8 Å². The molecule has 3 unspecified atom stereocenters. The first-order valence-electron chi connectivity index (χ1n) is 7.39. The highest BCUT2D eigenvalue weighted by atomic mass is 16.5. The summed E-state index contributed by atoms with van der Waals surface area (Å²) in [6, 6.07) is 12.2. The molecule has 0 aromatic heterocycles. The fourth-order valence-electron chi connectivity index (χ4n) is 3.67. The molecule has 2 aliphatic rings. The zero-order valence-electron chi connectivity index (χ0n) is 11.5. The van der Waals surface area contributed by atoms with Crippen molar-refractivity contribution in [2.75, 3.05) is 12.3 Å². The fraction of sp³-hybridized carbons (Fsp3) is 0.333. The molecule has 4 rings (SSSR count). The van der Waals surface area contributed by atoms with Gasteiger partial charge in [-0.1, -0.05) is 24.3 Å². The molecule has 0 saturated heterocycles. The third-order valence-corrected chi connectivity index (χ3v) is 4.77. The van der Waals surface area contributed by atoms with Gasteiger partial charge >= 0.3 is 0 Å². The van der Waals surface area contributed by atoms with Crippen molar-refractivity contribution < 1.29 is 4.74 Å². The Morgan fingerprint density at radius 1 is 1.10 bits per heavy atom. The van der Waals surface area contributed by atoms with Crippen LogP contribution in [0.2, 0.25) is 0 Å². The molecule has 2 nitrogen and oxygen atoms in total. The average Bonchev–Trinajstić information content (AvgIpc) is 3.08. The first-order chi connectivity index (χ1) is 9.79. The Balaban J connectivity index is 1.50. The second-order valence-corrected chi connectivity index (χ2v) is 6.08. The molecule has 2 aliphatic carbocycles. The Hall–Kier alpha value is -1.96. The van der Waals surface area contributed by atoms with Gasteiger partial charge in [0.1, 0.15) is 5.75 Å². The lowest BCUT2D eigenvalue weighted by Gasteiger charge is -2.18. The number of hydrogen-bond donors (Lipinski definition) is 1. The first-order valence-corrected chi connectivity index (χ1v) is 7.39. The third-order valence-electron chi connectivity index (χ3n) is 4.77. The summed E-state index contributed by atoms with van der Waals surface area (Å²) < 4.78 is 6.02. The molecule has 2 heteroatoms. The van der Waals surface area contributed by atoms with Crippen LogP contribution in [0.5, 0.6) is 5.75 Å². The number of nitrogens with two attached hydrogens (primary N) is 1. The largest absolute Gasteiger partial charge is 0.493 e. The Morgan fingerprint density at radius 2 is 2.05 bits per heavy atom. The molecule has 0 aliphatic heterocycles. The molecule has 0 heterocycles. The second-order valence-electron chi connectivity index (χ2n) is 6.08. The molecule has 3 atom stereocenters. The monoisotopic (exact) mass is 265 g/mol. The molecule has 2 N–H and O–H groups in total. The maximum atomic E-state index is 6.02. The van der Waals surface area contributed by atoms with Crippen molar-refractivity contribution in [1.82, 2.24) is 0 Å². The van der Waals surface area contributed by atoms with Crippen LogP contribution in [-0.2, 0) is 0 Å². The van der Waals surface area contributed by atoms with Crippen molar-refractivity contribution in [3.05, 3.63) is 48.6 Å². The lowest BCUT2D eigenvalue weighted by atomic mass is 9.95. The van der Waals surface area contributed by atoms with E-state index in [4.69, 9.17) is 10.5 Å². The van der Waals surface area contributed by atoms with Crippen LogP contribution in [0.4, 0.5) is 5.69 Å². The summed E-state index contributed by atoms with van der Waals surface area (Å²) in [5.74, 6) is 3.21. The normalized spacial score (nSPS) is 27.3. The van der Waals surface area contributed by atoms with Gasteiger partial charge in [-0.2, -0.15) is 0 Å². The molecule has 1 fully saturated rings. The van der Waals surface area contributed by atoms with Crippen molar-refractivity contribution in [2.24, 2.45) is 17.8 Å². The maximum absolute atomic E-state index is 6.02. The Labute approximate surface area is 119 Å². The number of allylic oxidation sites excluding steroid dienone is 2. The first kappa shape index (κ1) is 11.8. The average molecular weight is 265 g/mol. The lowest BCUT2D eigenvalue weighted by Crippen LogP contribution is -2.16. The van der Waals surface area contributed by atoms with Crippen molar-refractivity contribution in [1.29, 1.82) is 0 Å². The van der Waals surface area contributed by atoms with E-state index in [1.807, 2.05) is 18.2 Å². The molecular weight excluding hydrogens is 246 g/mol. The predicted octanol–water partition coefficient (Wildman–Crippen LogP) is 4.01. The van der Waals surface area contributed by atoms with E-state index in [0.29, 0.717) is 5.92 Å². The van der Waals surface area contributed by atoms with E-state index in [-0.39, 0.29) is 0 Å². The van der Waals surface area contributed by atoms with Crippen molar-refractivity contribution >= 4 is 16.5 Å². The fourth-order valence-corrected chi connectivity index (χ4v) is 3.67. The van der Waals surface area contributed by atoms with Crippen LogP contribution in [-0.4, -0.2) is 6.61 Å². The molecular formula is C18H19NO. The van der Waals surface area contributed by atoms with Gasteiger partial charge < -0.3 is 10.5 Å². The molecule has 0 amide bonds. The van der Waals surface area contributed by atoms with Crippen LogP contribution in [0, 0.1) is 17.8 Å². The summed E-state index contributed by atoms with van der Waals surface area (Å²) in [4.78, 5) is 0. The van der Waals surface area contributed by atoms with Gasteiger partial charge in [-0.25, -0.2) is 0 Å². The highest BCUT2D eigenvalue weighted by Crippen LogP contribution is 2.43. The van der Waals surface area contributed by atoms with Crippen LogP contribution < -0.4 is 10.5 Å². The number of hydrogen-bond acceptors (Lipinski definition) is 2. The summed E-state index contributed by atoms with van der Waals surface area (Å²) in [5, 5.41) is 2.25. The van der Waals surface area contributed by atoms with E-state index in [0.717, 1.165) is 40.7 Å². The maximum Gasteiger partial charge on any atom is 0.119 e. The second kappa shape index (κ2) is 4.55. The molecule has 20 heavy (non-hydrogen) atoms. The van der Waals surface area contributed by atoms with Gasteiger partial charge in [0.05, 0.1) is 6.61 Å². The van der Waals surface area contributed by atoms with Gasteiger partial charge in [0.15, 0.2) is 0 Å². The Bertz CT molecular complexity index is 676. The third kappa shape index (κ3) is 1.96. The van der Waals surface area contributed by atoms with Crippen LogP contribution >= 0.6 is 0 Å². The minimum Gasteiger partial charge on any atom is -0.493 e. The van der Waals surface area contributed by atoms with Crippen molar-refractivity contribution in [3.8, 4) is 5.75 Å². The van der Waals surface area contributed by atoms with Gasteiger partial charge in [0.25, 0.3) is 0 Å². The lowest BCUT2D eigenvalue weighted by molar-refractivity contribution is 0.228. The SMILES string of the molecule is Nc1cccc2cc(OCC3CC4C=CC3C4)ccc12. The van der Waals surface area contributed by atoms with Crippen LogP contribution in [0.3, 0.4) is 0 Å². The number of anilines is 1. The summed E-state index contributed by atoms with van der Waals surface area (Å²) in [6.45, 7) is 0.833. The Morgan fingerprint density at radius 3 is 2.85 bits per heavy atom. The van der Waals surface area contributed by atoms with E-state index in [1.54, 1.807) is 0 Å². The summed E-state index contributed by atoms with van der Waals surface area (Å²) in [6.07, 6.45) is 7.38.